The van der Waals surface area contributed by atoms with E-state index in [9.17, 15) is 4.79 Å². The Balaban J connectivity index is 1.53. The second kappa shape index (κ2) is 10.0. The number of nitrogens with zero attached hydrogens (tertiary/aromatic N) is 1. The van der Waals surface area contributed by atoms with E-state index in [-0.39, 0.29) is 12.0 Å². The van der Waals surface area contributed by atoms with Crippen molar-refractivity contribution in [3.05, 3.63) is 54.1 Å². The summed E-state index contributed by atoms with van der Waals surface area (Å²) in [5.41, 5.74) is 4.07. The van der Waals surface area contributed by atoms with Crippen LogP contribution in [0.25, 0.3) is 22.6 Å². The SMILES string of the molecule is COc1cccc(-c2nc(SCC(=O)NC[C@@H]3CCCO3)c(-c3ccc(C)cc3)[nH]2)c1. The molecule has 6 nitrogen and oxygen atoms in total. The van der Waals surface area contributed by atoms with Crippen LogP contribution < -0.4 is 10.1 Å². The molecular weight excluding hydrogens is 410 g/mol. The number of benzene rings is 2. The number of carbonyl (C=O) groups excluding carboxylic acids is 1. The minimum atomic E-state index is -0.0127. The molecule has 0 radical (unpaired) electrons. The Hall–Kier alpha value is -2.77. The second-order valence-electron chi connectivity index (χ2n) is 7.59. The van der Waals surface area contributed by atoms with Crippen LogP contribution in [0.4, 0.5) is 0 Å². The number of thioether (sulfide) groups is 1. The van der Waals surface area contributed by atoms with Crippen LogP contribution in [0.3, 0.4) is 0 Å². The fraction of sp³-hybridized carbons (Fsp3) is 0.333. The summed E-state index contributed by atoms with van der Waals surface area (Å²) in [7, 11) is 1.65. The lowest BCUT2D eigenvalue weighted by molar-refractivity contribution is -0.119. The van der Waals surface area contributed by atoms with Crippen LogP contribution >= 0.6 is 11.8 Å². The highest BCUT2D eigenvalue weighted by molar-refractivity contribution is 8.00. The van der Waals surface area contributed by atoms with Crippen LogP contribution in [0.15, 0.2) is 53.6 Å². The van der Waals surface area contributed by atoms with Crippen molar-refractivity contribution in [2.75, 3.05) is 26.0 Å². The van der Waals surface area contributed by atoms with E-state index in [1.807, 2.05) is 24.3 Å². The lowest BCUT2D eigenvalue weighted by Crippen LogP contribution is -2.32. The summed E-state index contributed by atoms with van der Waals surface area (Å²) >= 11 is 1.44. The van der Waals surface area contributed by atoms with Crippen LogP contribution in [-0.4, -0.2) is 48.0 Å². The largest absolute Gasteiger partial charge is 0.497 e. The van der Waals surface area contributed by atoms with E-state index in [0.29, 0.717) is 12.3 Å². The van der Waals surface area contributed by atoms with E-state index in [2.05, 4.69) is 41.5 Å². The minimum Gasteiger partial charge on any atom is -0.497 e. The first-order chi connectivity index (χ1) is 15.1. The second-order valence-corrected chi connectivity index (χ2v) is 8.56. The molecule has 0 spiro atoms. The Morgan fingerprint density at radius 1 is 1.26 bits per heavy atom. The molecule has 0 unspecified atom stereocenters. The van der Waals surface area contributed by atoms with Crippen LogP contribution in [0, 0.1) is 6.92 Å². The number of aryl methyl sites for hydroxylation is 1. The first-order valence-electron chi connectivity index (χ1n) is 10.4. The first kappa shape index (κ1) is 21.5. The quantitative estimate of drug-likeness (QED) is 0.509. The summed E-state index contributed by atoms with van der Waals surface area (Å²) in [6, 6.07) is 16.1. The van der Waals surface area contributed by atoms with Gasteiger partial charge in [-0.1, -0.05) is 53.7 Å². The Labute approximate surface area is 186 Å². The topological polar surface area (TPSA) is 76.2 Å². The smallest absolute Gasteiger partial charge is 0.230 e. The number of hydrogen-bond donors (Lipinski definition) is 2. The fourth-order valence-electron chi connectivity index (χ4n) is 3.50. The van der Waals surface area contributed by atoms with Gasteiger partial charge in [-0.05, 0) is 31.9 Å². The van der Waals surface area contributed by atoms with Gasteiger partial charge in [0.25, 0.3) is 0 Å². The molecular formula is C24H27N3O3S. The maximum Gasteiger partial charge on any atom is 0.230 e. The molecule has 1 atom stereocenters. The van der Waals surface area contributed by atoms with E-state index in [4.69, 9.17) is 14.5 Å². The minimum absolute atomic E-state index is 0.0127. The molecule has 1 aromatic heterocycles. The molecule has 4 rings (SSSR count). The highest BCUT2D eigenvalue weighted by Crippen LogP contribution is 2.33. The molecule has 2 N–H and O–H groups in total. The Morgan fingerprint density at radius 3 is 2.84 bits per heavy atom. The normalized spacial score (nSPS) is 15.7. The zero-order chi connectivity index (χ0) is 21.6. The highest BCUT2D eigenvalue weighted by atomic mass is 32.2. The molecule has 1 aliphatic rings. The van der Waals surface area contributed by atoms with Crippen molar-refractivity contribution in [3.8, 4) is 28.4 Å². The fourth-order valence-corrected chi connectivity index (χ4v) is 4.34. The molecule has 31 heavy (non-hydrogen) atoms. The standard InChI is InChI=1S/C24H27N3O3S/c1-16-8-10-17(11-9-16)22-24(31-15-21(28)25-14-20-7-4-12-30-20)27-23(26-22)18-5-3-6-19(13-18)29-2/h3,5-6,8-11,13,20H,4,7,12,14-15H2,1-2H3,(H,25,28)(H,26,27)/t20-/m0/s1. The molecule has 1 saturated heterocycles. The van der Waals surface area contributed by atoms with Crippen molar-refractivity contribution in [2.45, 2.75) is 30.9 Å². The molecule has 2 heterocycles. The monoisotopic (exact) mass is 437 g/mol. The number of rotatable bonds is 8. The van der Waals surface area contributed by atoms with Gasteiger partial charge < -0.3 is 19.8 Å². The third-order valence-electron chi connectivity index (χ3n) is 5.24. The molecule has 0 bridgehead atoms. The first-order valence-corrected chi connectivity index (χ1v) is 11.4. The lowest BCUT2D eigenvalue weighted by Gasteiger charge is -2.10. The van der Waals surface area contributed by atoms with Crippen LogP contribution in [0.1, 0.15) is 18.4 Å². The van der Waals surface area contributed by atoms with E-state index >= 15 is 0 Å². The molecule has 7 heteroatoms. The molecule has 0 aliphatic carbocycles. The van der Waals surface area contributed by atoms with Gasteiger partial charge in [0.2, 0.25) is 5.91 Å². The third kappa shape index (κ3) is 5.48. The van der Waals surface area contributed by atoms with Crippen LogP contribution in [0.2, 0.25) is 0 Å². The van der Waals surface area contributed by atoms with Gasteiger partial charge in [0.1, 0.15) is 16.6 Å². The van der Waals surface area contributed by atoms with Crippen molar-refractivity contribution >= 4 is 17.7 Å². The van der Waals surface area contributed by atoms with Gasteiger partial charge in [-0.2, -0.15) is 0 Å². The average Bonchev–Trinajstić information content (AvgIpc) is 3.47. The maximum atomic E-state index is 12.4. The van der Waals surface area contributed by atoms with E-state index in [1.165, 1.54) is 17.3 Å². The number of methoxy groups -OCH3 is 1. The van der Waals surface area contributed by atoms with Crippen molar-refractivity contribution < 1.29 is 14.3 Å². The third-order valence-corrected chi connectivity index (χ3v) is 6.22. The summed E-state index contributed by atoms with van der Waals surface area (Å²) in [6.45, 7) is 3.42. The van der Waals surface area contributed by atoms with Crippen molar-refractivity contribution in [3.63, 3.8) is 0 Å². The van der Waals surface area contributed by atoms with Gasteiger partial charge in [-0.3, -0.25) is 4.79 Å². The van der Waals surface area contributed by atoms with Gasteiger partial charge in [0, 0.05) is 24.3 Å². The number of aromatic amines is 1. The van der Waals surface area contributed by atoms with Gasteiger partial charge in [-0.15, -0.1) is 0 Å². The highest BCUT2D eigenvalue weighted by Gasteiger charge is 2.18. The molecule has 1 aliphatic heterocycles. The molecule has 2 aromatic carbocycles. The average molecular weight is 438 g/mol. The predicted octanol–water partition coefficient (Wildman–Crippen LogP) is 4.45. The zero-order valence-corrected chi connectivity index (χ0v) is 18.6. The predicted molar refractivity (Wildman–Crippen MR) is 123 cm³/mol. The van der Waals surface area contributed by atoms with Gasteiger partial charge in [0.05, 0.1) is 24.7 Å². The summed E-state index contributed by atoms with van der Waals surface area (Å²) in [6.07, 6.45) is 2.21. The molecule has 162 valence electrons. The van der Waals surface area contributed by atoms with Crippen molar-refractivity contribution in [2.24, 2.45) is 0 Å². The maximum absolute atomic E-state index is 12.4. The van der Waals surface area contributed by atoms with E-state index < -0.39 is 0 Å². The lowest BCUT2D eigenvalue weighted by atomic mass is 10.1. The van der Waals surface area contributed by atoms with E-state index in [0.717, 1.165) is 52.9 Å². The number of imidazole rings is 1. The summed E-state index contributed by atoms with van der Waals surface area (Å²) in [5.74, 6) is 1.81. The van der Waals surface area contributed by atoms with Gasteiger partial charge in [-0.25, -0.2) is 4.98 Å². The number of H-pyrrole nitrogens is 1. The Kier molecular flexibility index (Phi) is 6.94. The number of hydrogen-bond acceptors (Lipinski definition) is 5. The Morgan fingerprint density at radius 2 is 2.10 bits per heavy atom. The number of carbonyl (C=O) groups is 1. The zero-order valence-electron chi connectivity index (χ0n) is 17.8. The summed E-state index contributed by atoms with van der Waals surface area (Å²) < 4.78 is 10.9. The van der Waals surface area contributed by atoms with Crippen LogP contribution in [0.5, 0.6) is 5.75 Å². The van der Waals surface area contributed by atoms with Gasteiger partial charge in [0.15, 0.2) is 0 Å². The molecule has 0 saturated carbocycles. The van der Waals surface area contributed by atoms with Gasteiger partial charge >= 0.3 is 0 Å². The number of aromatic nitrogens is 2. The number of nitrogens with one attached hydrogen (secondary N) is 2. The molecule has 1 amide bonds. The van der Waals surface area contributed by atoms with E-state index in [1.54, 1.807) is 7.11 Å². The van der Waals surface area contributed by atoms with Crippen molar-refractivity contribution in [1.82, 2.24) is 15.3 Å². The van der Waals surface area contributed by atoms with Crippen molar-refractivity contribution in [1.29, 1.82) is 0 Å². The summed E-state index contributed by atoms with van der Waals surface area (Å²) in [4.78, 5) is 20.6. The number of amides is 1. The summed E-state index contributed by atoms with van der Waals surface area (Å²) in [5, 5.41) is 3.78. The van der Waals surface area contributed by atoms with Crippen LogP contribution in [-0.2, 0) is 9.53 Å². The molecule has 1 fully saturated rings. The number of ether oxygens (including phenoxy) is 2. The Bertz CT molecular complexity index is 1030. The molecule has 3 aromatic rings.